The lowest BCUT2D eigenvalue weighted by atomic mass is 10.2. The molecule has 1 atom stereocenters. The number of phenolic OH excluding ortho intramolecular Hbond substituents is 1. The maximum atomic E-state index is 11.6. The van der Waals surface area contributed by atoms with E-state index in [4.69, 9.17) is 10.8 Å². The molecule has 0 aliphatic rings. The monoisotopic (exact) mass is 314 g/mol. The third-order valence-corrected chi connectivity index (χ3v) is 2.76. The Kier molecular flexibility index (Phi) is 5.85. The summed E-state index contributed by atoms with van der Waals surface area (Å²) >= 11 is 3.77. The number of carbonyl (C=O) groups excluding carboxylic acids is 2. The van der Waals surface area contributed by atoms with Gasteiger partial charge < -0.3 is 26.0 Å². The number of nitrogen functional groups attached to an aromatic ring is 1. The van der Waals surface area contributed by atoms with Gasteiger partial charge in [0.2, 0.25) is 0 Å². The molecule has 1 rings (SSSR count). The Morgan fingerprint density at radius 2 is 2.05 bits per heavy atom. The number of aromatic hydroxyl groups is 1. The smallest absolute Gasteiger partial charge is 0.342 e. The highest BCUT2D eigenvalue weighted by atomic mass is 32.1. The molecule has 1 aromatic carbocycles. The molecule has 21 heavy (non-hydrogen) atoms. The number of aliphatic carboxylic acids is 1. The number of esters is 1. The number of ether oxygens (including phenoxy) is 1. The Morgan fingerprint density at radius 3 is 2.57 bits per heavy atom. The van der Waals surface area contributed by atoms with E-state index in [9.17, 15) is 19.5 Å². The molecule has 0 aromatic heterocycles. The zero-order valence-corrected chi connectivity index (χ0v) is 11.7. The normalized spacial score (nSPS) is 11.5. The maximum absolute atomic E-state index is 11.6. The zero-order chi connectivity index (χ0) is 16.0. The van der Waals surface area contributed by atoms with Crippen LogP contribution in [-0.2, 0) is 14.3 Å². The van der Waals surface area contributed by atoms with Crippen molar-refractivity contribution in [2.75, 3.05) is 18.1 Å². The topological polar surface area (TPSA) is 139 Å². The molecule has 5 N–H and O–H groups in total. The van der Waals surface area contributed by atoms with Gasteiger partial charge in [-0.3, -0.25) is 4.79 Å². The fraction of sp³-hybridized carbons (Fsp3) is 0.250. The first kappa shape index (κ1) is 16.6. The zero-order valence-electron chi connectivity index (χ0n) is 10.8. The second kappa shape index (κ2) is 7.39. The van der Waals surface area contributed by atoms with Crippen LogP contribution in [0, 0.1) is 0 Å². The van der Waals surface area contributed by atoms with Crippen molar-refractivity contribution in [2.45, 2.75) is 6.04 Å². The van der Waals surface area contributed by atoms with Crippen LogP contribution in [0.1, 0.15) is 10.4 Å². The van der Waals surface area contributed by atoms with Crippen LogP contribution in [0.3, 0.4) is 0 Å². The van der Waals surface area contributed by atoms with Crippen molar-refractivity contribution in [3.05, 3.63) is 23.8 Å². The summed E-state index contributed by atoms with van der Waals surface area (Å²) in [6, 6.07) is 2.62. The number of carboxylic acid groups (broad SMARTS) is 1. The van der Waals surface area contributed by atoms with Crippen LogP contribution in [0.5, 0.6) is 5.75 Å². The number of hydrogen-bond donors (Lipinski definition) is 5. The minimum atomic E-state index is -1.25. The fourth-order valence-corrected chi connectivity index (χ4v) is 1.60. The molecule has 1 unspecified atom stereocenters. The largest absolute Gasteiger partial charge is 0.507 e. The molecule has 0 fully saturated rings. The summed E-state index contributed by atoms with van der Waals surface area (Å²) in [4.78, 5) is 33.7. The summed E-state index contributed by atoms with van der Waals surface area (Å²) in [6.07, 6.45) is 0. The van der Waals surface area contributed by atoms with Crippen molar-refractivity contribution >= 4 is 36.2 Å². The van der Waals surface area contributed by atoms with E-state index in [0.717, 1.165) is 6.07 Å². The molecule has 0 aliphatic heterocycles. The van der Waals surface area contributed by atoms with Crippen LogP contribution in [0.15, 0.2) is 18.2 Å². The number of phenols is 1. The highest BCUT2D eigenvalue weighted by Gasteiger charge is 2.20. The first-order chi connectivity index (χ1) is 9.85. The predicted octanol–water partition coefficient (Wildman–Crippen LogP) is -0.370. The number of nitrogens with one attached hydrogen (secondary N) is 1. The van der Waals surface area contributed by atoms with Gasteiger partial charge in [0.1, 0.15) is 17.4 Å². The molecule has 114 valence electrons. The Hall–Kier alpha value is -2.42. The van der Waals surface area contributed by atoms with Crippen molar-refractivity contribution < 1.29 is 29.3 Å². The third-order valence-electron chi connectivity index (χ3n) is 2.39. The van der Waals surface area contributed by atoms with Gasteiger partial charge >= 0.3 is 11.9 Å². The molecule has 0 bridgehead atoms. The summed E-state index contributed by atoms with van der Waals surface area (Å²) in [6.45, 7) is -0.680. The SMILES string of the molecule is Nc1ccc(C(=O)OCC(=O)NC(CS)C(=O)O)c(O)c1. The minimum Gasteiger partial charge on any atom is -0.507 e. The number of hydrogen-bond acceptors (Lipinski definition) is 7. The first-order valence-electron chi connectivity index (χ1n) is 5.73. The third kappa shape index (κ3) is 4.88. The van der Waals surface area contributed by atoms with Crippen molar-refractivity contribution in [3.8, 4) is 5.75 Å². The van der Waals surface area contributed by atoms with Gasteiger partial charge in [-0.25, -0.2) is 9.59 Å². The number of rotatable bonds is 6. The summed E-state index contributed by atoms with van der Waals surface area (Å²) in [7, 11) is 0. The number of benzene rings is 1. The fourth-order valence-electron chi connectivity index (χ4n) is 1.35. The van der Waals surface area contributed by atoms with Gasteiger partial charge in [0.05, 0.1) is 0 Å². The standard InChI is InChI=1S/C12H14N2O6S/c13-6-1-2-7(9(15)3-6)12(19)20-4-10(16)14-8(5-21)11(17)18/h1-3,8,15,21H,4-5,13H2,(H,14,16)(H,17,18). The first-order valence-corrected chi connectivity index (χ1v) is 6.37. The Labute approximate surface area is 125 Å². The lowest BCUT2D eigenvalue weighted by molar-refractivity contribution is -0.141. The van der Waals surface area contributed by atoms with Gasteiger partial charge in [-0.2, -0.15) is 12.6 Å². The van der Waals surface area contributed by atoms with E-state index < -0.39 is 30.5 Å². The second-order valence-electron chi connectivity index (χ2n) is 3.99. The van der Waals surface area contributed by atoms with E-state index in [-0.39, 0.29) is 22.8 Å². The number of carboxylic acids is 1. The average molecular weight is 314 g/mol. The molecule has 0 radical (unpaired) electrons. The molecule has 1 aromatic rings. The van der Waals surface area contributed by atoms with E-state index in [1.54, 1.807) is 0 Å². The van der Waals surface area contributed by atoms with Crippen LogP contribution in [0.2, 0.25) is 0 Å². The summed E-state index contributed by atoms with van der Waals surface area (Å²) in [5.74, 6) is -3.45. The van der Waals surface area contributed by atoms with E-state index in [0.29, 0.717) is 0 Å². The van der Waals surface area contributed by atoms with E-state index in [1.807, 2.05) is 0 Å². The van der Waals surface area contributed by atoms with Gasteiger partial charge in [-0.1, -0.05) is 0 Å². The Bertz CT molecular complexity index is 563. The lowest BCUT2D eigenvalue weighted by Crippen LogP contribution is -2.43. The molecular formula is C12H14N2O6S. The Morgan fingerprint density at radius 1 is 1.38 bits per heavy atom. The summed E-state index contributed by atoms with van der Waals surface area (Å²) in [5.41, 5.74) is 5.52. The molecule has 9 heteroatoms. The number of thiol groups is 1. The van der Waals surface area contributed by atoms with Gasteiger partial charge in [0.25, 0.3) is 5.91 Å². The Balaban J connectivity index is 2.56. The second-order valence-corrected chi connectivity index (χ2v) is 4.36. The van der Waals surface area contributed by atoms with Crippen molar-refractivity contribution in [1.82, 2.24) is 5.32 Å². The summed E-state index contributed by atoms with van der Waals surface area (Å²) < 4.78 is 4.67. The predicted molar refractivity (Wildman–Crippen MR) is 76.2 cm³/mol. The van der Waals surface area contributed by atoms with Crippen molar-refractivity contribution in [1.29, 1.82) is 0 Å². The van der Waals surface area contributed by atoms with Crippen LogP contribution in [0.4, 0.5) is 5.69 Å². The van der Waals surface area contributed by atoms with E-state index in [1.165, 1.54) is 12.1 Å². The van der Waals surface area contributed by atoms with Gasteiger partial charge in [-0.05, 0) is 12.1 Å². The highest BCUT2D eigenvalue weighted by molar-refractivity contribution is 7.80. The number of amides is 1. The van der Waals surface area contributed by atoms with E-state index in [2.05, 4.69) is 22.7 Å². The van der Waals surface area contributed by atoms with Crippen LogP contribution < -0.4 is 11.1 Å². The molecule has 0 aliphatic carbocycles. The van der Waals surface area contributed by atoms with Crippen molar-refractivity contribution in [2.24, 2.45) is 0 Å². The number of nitrogens with two attached hydrogens (primary N) is 1. The highest BCUT2D eigenvalue weighted by Crippen LogP contribution is 2.20. The van der Waals surface area contributed by atoms with Gasteiger partial charge in [0, 0.05) is 17.5 Å². The van der Waals surface area contributed by atoms with Gasteiger partial charge in [-0.15, -0.1) is 0 Å². The quantitative estimate of drug-likeness (QED) is 0.274. The molecule has 0 heterocycles. The maximum Gasteiger partial charge on any atom is 0.342 e. The van der Waals surface area contributed by atoms with Crippen LogP contribution >= 0.6 is 12.6 Å². The molecule has 1 amide bonds. The molecule has 8 nitrogen and oxygen atoms in total. The number of anilines is 1. The van der Waals surface area contributed by atoms with Crippen molar-refractivity contribution in [3.63, 3.8) is 0 Å². The number of carbonyl (C=O) groups is 3. The molecular weight excluding hydrogens is 300 g/mol. The van der Waals surface area contributed by atoms with Crippen LogP contribution in [-0.4, -0.2) is 46.5 Å². The molecule has 0 saturated carbocycles. The molecule has 0 spiro atoms. The average Bonchev–Trinajstić information content (AvgIpc) is 2.41. The lowest BCUT2D eigenvalue weighted by Gasteiger charge is -2.12. The van der Waals surface area contributed by atoms with Gasteiger partial charge in [0.15, 0.2) is 6.61 Å². The summed E-state index contributed by atoms with van der Waals surface area (Å²) in [5, 5.41) is 20.4. The minimum absolute atomic E-state index is 0.103. The van der Waals surface area contributed by atoms with Crippen LogP contribution in [0.25, 0.3) is 0 Å². The van der Waals surface area contributed by atoms with E-state index >= 15 is 0 Å². The molecule has 0 saturated heterocycles.